The smallest absolute Gasteiger partial charge is 0.254 e. The number of fused-ring (bicyclic) bond motifs is 1. The number of rotatable bonds is 5. The van der Waals surface area contributed by atoms with Crippen LogP contribution in [0.25, 0.3) is 5.78 Å². The van der Waals surface area contributed by atoms with E-state index in [9.17, 15) is 0 Å². The van der Waals surface area contributed by atoms with E-state index in [4.69, 9.17) is 21.1 Å². The highest BCUT2D eigenvalue weighted by atomic mass is 35.5. The average Bonchev–Trinajstić information content (AvgIpc) is 3.15. The predicted molar refractivity (Wildman–Crippen MR) is 104 cm³/mol. The third-order valence-electron chi connectivity index (χ3n) is 5.17. The molecule has 3 heterocycles. The topological polar surface area (TPSA) is 73.6 Å². The summed E-state index contributed by atoms with van der Waals surface area (Å²) in [5.74, 6) is 2.29. The summed E-state index contributed by atoms with van der Waals surface area (Å²) in [4.78, 5) is 8.59. The highest BCUT2D eigenvalue weighted by Gasteiger charge is 2.37. The largest absolute Gasteiger partial charge is 0.496 e. The first-order valence-electron chi connectivity index (χ1n) is 8.94. The van der Waals surface area contributed by atoms with Gasteiger partial charge >= 0.3 is 0 Å². The third-order valence-corrected chi connectivity index (χ3v) is 5.41. The van der Waals surface area contributed by atoms with Crippen LogP contribution >= 0.6 is 11.6 Å². The van der Waals surface area contributed by atoms with Gasteiger partial charge in [0.05, 0.1) is 7.11 Å². The van der Waals surface area contributed by atoms with Crippen LogP contribution in [0.5, 0.6) is 5.75 Å². The highest BCUT2D eigenvalue weighted by molar-refractivity contribution is 6.30. The molecule has 2 aromatic heterocycles. The molecule has 1 saturated heterocycles. The van der Waals surface area contributed by atoms with Gasteiger partial charge in [0, 0.05) is 47.5 Å². The molecular formula is C19H22ClN5O2. The first kappa shape index (κ1) is 18.0. The molecule has 1 aromatic carbocycles. The van der Waals surface area contributed by atoms with Crippen LogP contribution in [0.2, 0.25) is 5.02 Å². The van der Waals surface area contributed by atoms with Crippen molar-refractivity contribution in [3.8, 4) is 5.75 Å². The van der Waals surface area contributed by atoms with Crippen LogP contribution in [-0.2, 0) is 10.2 Å². The van der Waals surface area contributed by atoms with E-state index in [1.54, 1.807) is 11.6 Å². The number of methoxy groups -OCH3 is 1. The Morgan fingerprint density at radius 3 is 2.89 bits per heavy atom. The summed E-state index contributed by atoms with van der Waals surface area (Å²) in [6, 6.07) is 7.77. The van der Waals surface area contributed by atoms with Gasteiger partial charge in [0.1, 0.15) is 17.9 Å². The number of halogens is 1. The van der Waals surface area contributed by atoms with Crippen LogP contribution < -0.4 is 10.1 Å². The van der Waals surface area contributed by atoms with Crippen LogP contribution in [0.3, 0.4) is 0 Å². The fourth-order valence-corrected chi connectivity index (χ4v) is 3.89. The lowest BCUT2D eigenvalue weighted by molar-refractivity contribution is 0.0535. The van der Waals surface area contributed by atoms with Crippen molar-refractivity contribution >= 4 is 23.2 Å². The van der Waals surface area contributed by atoms with E-state index in [1.807, 2.05) is 31.2 Å². The monoisotopic (exact) mass is 387 g/mol. The van der Waals surface area contributed by atoms with Gasteiger partial charge in [-0.05, 0) is 38.0 Å². The molecule has 0 spiro atoms. The van der Waals surface area contributed by atoms with Crippen molar-refractivity contribution in [1.82, 2.24) is 19.6 Å². The van der Waals surface area contributed by atoms with Gasteiger partial charge in [-0.1, -0.05) is 11.6 Å². The fourth-order valence-electron chi connectivity index (χ4n) is 3.71. The van der Waals surface area contributed by atoms with Crippen molar-refractivity contribution in [1.29, 1.82) is 0 Å². The number of hydrogen-bond acceptors (Lipinski definition) is 6. The molecule has 142 valence electrons. The number of anilines is 1. The minimum Gasteiger partial charge on any atom is -0.496 e. The molecule has 0 atom stereocenters. The van der Waals surface area contributed by atoms with Crippen LogP contribution in [0.4, 0.5) is 5.82 Å². The van der Waals surface area contributed by atoms with Crippen molar-refractivity contribution in [3.05, 3.63) is 46.9 Å². The number of benzene rings is 1. The third kappa shape index (κ3) is 3.44. The summed E-state index contributed by atoms with van der Waals surface area (Å²) in [6.07, 6.45) is 3.26. The Balaban J connectivity index is 1.71. The van der Waals surface area contributed by atoms with Crippen LogP contribution in [0.1, 0.15) is 24.1 Å². The molecule has 0 aliphatic carbocycles. The fraction of sp³-hybridized carbons (Fsp3) is 0.421. The van der Waals surface area contributed by atoms with E-state index in [0.29, 0.717) is 30.6 Å². The van der Waals surface area contributed by atoms with Gasteiger partial charge in [-0.15, -0.1) is 0 Å². The molecule has 1 aliphatic heterocycles. The van der Waals surface area contributed by atoms with Gasteiger partial charge in [0.2, 0.25) is 0 Å². The highest BCUT2D eigenvalue weighted by Crippen LogP contribution is 2.41. The van der Waals surface area contributed by atoms with E-state index in [-0.39, 0.29) is 5.41 Å². The van der Waals surface area contributed by atoms with Crippen molar-refractivity contribution in [2.45, 2.75) is 25.2 Å². The van der Waals surface area contributed by atoms with E-state index >= 15 is 0 Å². The van der Waals surface area contributed by atoms with Gasteiger partial charge in [0.25, 0.3) is 5.78 Å². The Hall–Kier alpha value is -2.38. The summed E-state index contributed by atoms with van der Waals surface area (Å²) in [7, 11) is 1.69. The molecule has 3 aromatic rings. The Morgan fingerprint density at radius 2 is 2.11 bits per heavy atom. The molecule has 1 aliphatic rings. The number of aryl methyl sites for hydroxylation is 1. The summed E-state index contributed by atoms with van der Waals surface area (Å²) in [5, 5.41) is 8.54. The van der Waals surface area contributed by atoms with Crippen molar-refractivity contribution < 1.29 is 9.47 Å². The number of nitrogens with zero attached hydrogens (tertiary/aromatic N) is 4. The minimum absolute atomic E-state index is 0.154. The Kier molecular flexibility index (Phi) is 4.88. The first-order valence-corrected chi connectivity index (χ1v) is 9.32. The lowest BCUT2D eigenvalue weighted by Gasteiger charge is -2.39. The lowest BCUT2D eigenvalue weighted by atomic mass is 9.73. The maximum absolute atomic E-state index is 6.32. The van der Waals surface area contributed by atoms with Crippen molar-refractivity contribution in [2.75, 3.05) is 32.2 Å². The first-order chi connectivity index (χ1) is 13.1. The number of hydrogen-bond donors (Lipinski definition) is 1. The van der Waals surface area contributed by atoms with E-state index in [0.717, 1.165) is 35.7 Å². The Bertz CT molecular complexity index is 952. The summed E-state index contributed by atoms with van der Waals surface area (Å²) < 4.78 is 13.0. The number of aromatic nitrogens is 4. The van der Waals surface area contributed by atoms with Gasteiger partial charge in [0.15, 0.2) is 0 Å². The van der Waals surface area contributed by atoms with E-state index < -0.39 is 0 Å². The zero-order valence-corrected chi connectivity index (χ0v) is 16.2. The van der Waals surface area contributed by atoms with Crippen LogP contribution in [-0.4, -0.2) is 46.5 Å². The van der Waals surface area contributed by atoms with Gasteiger partial charge in [-0.3, -0.25) is 0 Å². The second-order valence-electron chi connectivity index (χ2n) is 6.85. The van der Waals surface area contributed by atoms with E-state index in [2.05, 4.69) is 20.4 Å². The van der Waals surface area contributed by atoms with Crippen LogP contribution in [0.15, 0.2) is 30.6 Å². The molecule has 0 radical (unpaired) electrons. The summed E-state index contributed by atoms with van der Waals surface area (Å²) in [5.41, 5.74) is 1.84. The second-order valence-corrected chi connectivity index (χ2v) is 7.28. The number of ether oxygens (including phenoxy) is 2. The van der Waals surface area contributed by atoms with Gasteiger partial charge in [-0.2, -0.15) is 14.6 Å². The van der Waals surface area contributed by atoms with Crippen molar-refractivity contribution in [3.63, 3.8) is 0 Å². The molecule has 0 unspecified atom stereocenters. The van der Waals surface area contributed by atoms with Gasteiger partial charge < -0.3 is 14.8 Å². The average molecular weight is 388 g/mol. The second kappa shape index (κ2) is 7.32. The molecule has 1 N–H and O–H groups in total. The van der Waals surface area contributed by atoms with Crippen LogP contribution in [0, 0.1) is 6.92 Å². The van der Waals surface area contributed by atoms with Crippen molar-refractivity contribution in [2.24, 2.45) is 0 Å². The standard InChI is InChI=1S/C19H22ClN5O2/c1-13-9-17(25-18(24-13)22-12-23-25)21-11-19(5-7-27-8-6-19)15-10-14(20)3-4-16(15)26-2/h3-4,9-10,12,21H,5-8,11H2,1-2H3. The lowest BCUT2D eigenvalue weighted by Crippen LogP contribution is -2.40. The molecule has 1 fully saturated rings. The molecule has 7 nitrogen and oxygen atoms in total. The molecule has 8 heteroatoms. The molecule has 0 bridgehead atoms. The maximum atomic E-state index is 6.32. The molecule has 27 heavy (non-hydrogen) atoms. The minimum atomic E-state index is -0.154. The molecule has 0 amide bonds. The quantitative estimate of drug-likeness (QED) is 0.724. The molecule has 4 rings (SSSR count). The Labute approximate surface area is 162 Å². The predicted octanol–water partition coefficient (Wildman–Crippen LogP) is 3.26. The molecule has 0 saturated carbocycles. The molecular weight excluding hydrogens is 366 g/mol. The Morgan fingerprint density at radius 1 is 1.30 bits per heavy atom. The number of nitrogens with one attached hydrogen (secondary N) is 1. The zero-order valence-electron chi connectivity index (χ0n) is 15.4. The zero-order chi connectivity index (χ0) is 18.9. The maximum Gasteiger partial charge on any atom is 0.254 e. The summed E-state index contributed by atoms with van der Waals surface area (Å²) in [6.45, 7) is 4.05. The van der Waals surface area contributed by atoms with E-state index in [1.165, 1.54) is 6.33 Å². The summed E-state index contributed by atoms with van der Waals surface area (Å²) >= 11 is 6.32. The van der Waals surface area contributed by atoms with Gasteiger partial charge in [-0.25, -0.2) is 4.98 Å². The normalized spacial score (nSPS) is 16.4. The SMILES string of the molecule is COc1ccc(Cl)cc1C1(CNc2cc(C)nc3ncnn23)CCOCC1.